The third-order valence-electron chi connectivity index (χ3n) is 3.27. The standard InChI is InChI=1S/C18H15F3N2O2/c1-10(12-5-3-4-6-13(12)19)7-18(25)23-17-9-16(22-11(2)24)14(20)8-15(17)21/h3-9H,1-2H3,(H,22,24)(H,23,25)/b10-7+. The van der Waals surface area contributed by atoms with Gasteiger partial charge in [0.2, 0.25) is 11.8 Å². The van der Waals surface area contributed by atoms with Crippen molar-refractivity contribution in [1.29, 1.82) is 0 Å². The fourth-order valence-corrected chi connectivity index (χ4v) is 2.15. The van der Waals surface area contributed by atoms with E-state index in [1.807, 2.05) is 0 Å². The number of nitrogens with one attached hydrogen (secondary N) is 2. The Bertz CT molecular complexity index is 863. The van der Waals surface area contributed by atoms with E-state index in [0.717, 1.165) is 12.1 Å². The van der Waals surface area contributed by atoms with Gasteiger partial charge in [0.25, 0.3) is 0 Å². The highest BCUT2D eigenvalue weighted by atomic mass is 19.1. The molecule has 0 fully saturated rings. The van der Waals surface area contributed by atoms with Crippen LogP contribution in [0.25, 0.3) is 5.57 Å². The zero-order chi connectivity index (χ0) is 18.6. The molecule has 0 aliphatic rings. The summed E-state index contributed by atoms with van der Waals surface area (Å²) in [4.78, 5) is 23.0. The second-order valence-electron chi connectivity index (χ2n) is 5.29. The lowest BCUT2D eigenvalue weighted by Crippen LogP contribution is -2.13. The summed E-state index contributed by atoms with van der Waals surface area (Å²) in [7, 11) is 0. The van der Waals surface area contributed by atoms with Crippen molar-refractivity contribution >= 4 is 28.8 Å². The summed E-state index contributed by atoms with van der Waals surface area (Å²) < 4.78 is 41.1. The number of anilines is 2. The maximum atomic E-state index is 13.8. The van der Waals surface area contributed by atoms with E-state index in [2.05, 4.69) is 10.6 Å². The fourth-order valence-electron chi connectivity index (χ4n) is 2.15. The van der Waals surface area contributed by atoms with Crippen molar-refractivity contribution in [3.8, 4) is 0 Å². The summed E-state index contributed by atoms with van der Waals surface area (Å²) in [6.45, 7) is 2.70. The monoisotopic (exact) mass is 348 g/mol. The zero-order valence-electron chi connectivity index (χ0n) is 13.5. The highest BCUT2D eigenvalue weighted by molar-refractivity contribution is 6.04. The minimum Gasteiger partial charge on any atom is -0.324 e. The van der Waals surface area contributed by atoms with Gasteiger partial charge in [-0.2, -0.15) is 0 Å². The van der Waals surface area contributed by atoms with Crippen LogP contribution in [0, 0.1) is 17.5 Å². The number of amides is 2. The van der Waals surface area contributed by atoms with E-state index in [0.29, 0.717) is 11.6 Å². The van der Waals surface area contributed by atoms with E-state index >= 15 is 0 Å². The Labute approximate surface area is 142 Å². The molecule has 0 aliphatic carbocycles. The molecule has 0 saturated carbocycles. The number of carbonyl (C=O) groups is 2. The van der Waals surface area contributed by atoms with Gasteiger partial charge in [-0.05, 0) is 24.6 Å². The molecule has 2 rings (SSSR count). The van der Waals surface area contributed by atoms with Gasteiger partial charge in [0.1, 0.15) is 17.5 Å². The molecule has 0 radical (unpaired) electrons. The molecule has 0 spiro atoms. The molecule has 0 aromatic heterocycles. The molecule has 0 bridgehead atoms. The van der Waals surface area contributed by atoms with Crippen LogP contribution in [0.15, 0.2) is 42.5 Å². The van der Waals surface area contributed by atoms with Crippen LogP contribution in [0.1, 0.15) is 19.4 Å². The van der Waals surface area contributed by atoms with Gasteiger partial charge in [0.05, 0.1) is 11.4 Å². The number of benzene rings is 2. The summed E-state index contributed by atoms with van der Waals surface area (Å²) in [5.74, 6) is -3.73. The first kappa shape index (κ1) is 18.3. The zero-order valence-corrected chi connectivity index (χ0v) is 13.5. The summed E-state index contributed by atoms with van der Waals surface area (Å²) >= 11 is 0. The van der Waals surface area contributed by atoms with Crippen molar-refractivity contribution in [2.75, 3.05) is 10.6 Å². The molecule has 0 aliphatic heterocycles. The van der Waals surface area contributed by atoms with Crippen molar-refractivity contribution in [3.05, 3.63) is 65.5 Å². The minimum atomic E-state index is -1.00. The van der Waals surface area contributed by atoms with Gasteiger partial charge >= 0.3 is 0 Å². The highest BCUT2D eigenvalue weighted by Gasteiger charge is 2.13. The first-order valence-electron chi connectivity index (χ1n) is 7.28. The average Bonchev–Trinajstić information content (AvgIpc) is 2.51. The van der Waals surface area contributed by atoms with Gasteiger partial charge in [0.15, 0.2) is 0 Å². The van der Waals surface area contributed by atoms with Gasteiger partial charge in [0, 0.05) is 24.6 Å². The normalized spacial score (nSPS) is 11.2. The molecular weight excluding hydrogens is 333 g/mol. The molecule has 0 atom stereocenters. The first-order chi connectivity index (χ1) is 11.8. The van der Waals surface area contributed by atoms with Crippen LogP contribution >= 0.6 is 0 Å². The number of halogens is 3. The largest absolute Gasteiger partial charge is 0.324 e. The highest BCUT2D eigenvalue weighted by Crippen LogP contribution is 2.24. The SMILES string of the molecule is CC(=O)Nc1cc(NC(=O)/C=C(\C)c2ccccc2F)c(F)cc1F. The topological polar surface area (TPSA) is 58.2 Å². The average molecular weight is 348 g/mol. The maximum Gasteiger partial charge on any atom is 0.248 e. The van der Waals surface area contributed by atoms with E-state index in [-0.39, 0.29) is 16.9 Å². The summed E-state index contributed by atoms with van der Waals surface area (Å²) in [6, 6.07) is 7.41. The Morgan fingerprint density at radius 1 is 0.880 bits per heavy atom. The Kier molecular flexibility index (Phi) is 5.59. The lowest BCUT2D eigenvalue weighted by Gasteiger charge is -2.10. The quantitative estimate of drug-likeness (QED) is 0.817. The van der Waals surface area contributed by atoms with Crippen LogP contribution in [0.3, 0.4) is 0 Å². The van der Waals surface area contributed by atoms with E-state index in [9.17, 15) is 22.8 Å². The van der Waals surface area contributed by atoms with Gasteiger partial charge < -0.3 is 10.6 Å². The van der Waals surface area contributed by atoms with Crippen molar-refractivity contribution in [2.45, 2.75) is 13.8 Å². The predicted octanol–water partition coefficient (Wildman–Crippen LogP) is 4.10. The van der Waals surface area contributed by atoms with Crippen LogP contribution in [0.5, 0.6) is 0 Å². The lowest BCUT2D eigenvalue weighted by atomic mass is 10.1. The molecular formula is C18H15F3N2O2. The van der Waals surface area contributed by atoms with E-state index in [1.54, 1.807) is 6.07 Å². The molecule has 0 heterocycles. The van der Waals surface area contributed by atoms with Crippen molar-refractivity contribution in [2.24, 2.45) is 0 Å². The number of carbonyl (C=O) groups excluding carboxylic acids is 2. The number of allylic oxidation sites excluding steroid dienone is 1. The molecule has 2 N–H and O–H groups in total. The lowest BCUT2D eigenvalue weighted by molar-refractivity contribution is -0.114. The molecule has 25 heavy (non-hydrogen) atoms. The van der Waals surface area contributed by atoms with Crippen molar-refractivity contribution in [3.63, 3.8) is 0 Å². The Morgan fingerprint density at radius 2 is 1.48 bits per heavy atom. The minimum absolute atomic E-state index is 0.233. The Balaban J connectivity index is 2.24. The van der Waals surface area contributed by atoms with Gasteiger partial charge in [-0.15, -0.1) is 0 Å². The summed E-state index contributed by atoms with van der Waals surface area (Å²) in [6.07, 6.45) is 1.10. The number of rotatable bonds is 4. The molecule has 130 valence electrons. The van der Waals surface area contributed by atoms with Crippen molar-refractivity contribution < 1.29 is 22.8 Å². The molecule has 0 unspecified atom stereocenters. The van der Waals surface area contributed by atoms with Crippen LogP contribution in [0.2, 0.25) is 0 Å². The van der Waals surface area contributed by atoms with Crippen LogP contribution in [0.4, 0.5) is 24.5 Å². The Morgan fingerprint density at radius 3 is 2.08 bits per heavy atom. The van der Waals surface area contributed by atoms with Gasteiger partial charge in [-0.3, -0.25) is 9.59 Å². The molecule has 7 heteroatoms. The molecule has 2 aromatic rings. The van der Waals surface area contributed by atoms with Crippen LogP contribution in [-0.2, 0) is 9.59 Å². The third-order valence-corrected chi connectivity index (χ3v) is 3.27. The third kappa shape index (κ3) is 4.69. The fraction of sp³-hybridized carbons (Fsp3) is 0.111. The second kappa shape index (κ2) is 7.65. The van der Waals surface area contributed by atoms with Gasteiger partial charge in [-0.25, -0.2) is 13.2 Å². The molecule has 4 nitrogen and oxygen atoms in total. The number of hydrogen-bond acceptors (Lipinski definition) is 2. The van der Waals surface area contributed by atoms with Gasteiger partial charge in [-0.1, -0.05) is 18.2 Å². The van der Waals surface area contributed by atoms with E-state index in [4.69, 9.17) is 0 Å². The number of hydrogen-bond donors (Lipinski definition) is 2. The van der Waals surface area contributed by atoms with Crippen LogP contribution < -0.4 is 10.6 Å². The maximum absolute atomic E-state index is 13.8. The molecule has 0 saturated heterocycles. The van der Waals surface area contributed by atoms with Crippen LogP contribution in [-0.4, -0.2) is 11.8 Å². The summed E-state index contributed by atoms with van der Waals surface area (Å²) in [5, 5.41) is 4.43. The smallest absolute Gasteiger partial charge is 0.248 e. The molecule has 2 aromatic carbocycles. The first-order valence-corrected chi connectivity index (χ1v) is 7.28. The summed E-state index contributed by atoms with van der Waals surface area (Å²) in [5.41, 5.74) is -0.0110. The predicted molar refractivity (Wildman–Crippen MR) is 89.3 cm³/mol. The van der Waals surface area contributed by atoms with Crippen molar-refractivity contribution in [1.82, 2.24) is 0 Å². The van der Waals surface area contributed by atoms with E-state index < -0.39 is 29.3 Å². The van der Waals surface area contributed by atoms with E-state index in [1.165, 1.54) is 32.0 Å². The Hall–Kier alpha value is -3.09. The molecule has 2 amide bonds. The second-order valence-corrected chi connectivity index (χ2v) is 5.29.